The van der Waals surface area contributed by atoms with Gasteiger partial charge in [0, 0.05) is 5.69 Å². The van der Waals surface area contributed by atoms with Crippen molar-refractivity contribution in [1.29, 1.82) is 0 Å². The molecule has 0 atom stereocenters. The van der Waals surface area contributed by atoms with Gasteiger partial charge in [0.05, 0.1) is 0 Å². The normalized spacial score (nSPS) is 13.1. The van der Waals surface area contributed by atoms with Gasteiger partial charge in [0.1, 0.15) is 0 Å². The first-order valence-corrected chi connectivity index (χ1v) is 5.73. The van der Waals surface area contributed by atoms with Crippen LogP contribution in [0.25, 0.3) is 11.1 Å². The van der Waals surface area contributed by atoms with Crippen LogP contribution in [0.5, 0.6) is 0 Å². The summed E-state index contributed by atoms with van der Waals surface area (Å²) in [6.45, 7) is 2.18. The first-order chi connectivity index (χ1) is 7.75. The van der Waals surface area contributed by atoms with Crippen molar-refractivity contribution in [3.63, 3.8) is 0 Å². The minimum atomic E-state index is 0.856. The molecule has 0 spiro atoms. The lowest BCUT2D eigenvalue weighted by molar-refractivity contribution is 0.939. The van der Waals surface area contributed by atoms with Crippen molar-refractivity contribution in [3.05, 3.63) is 53.1 Å². The zero-order chi connectivity index (χ0) is 11.1. The topological polar surface area (TPSA) is 26.0 Å². The molecule has 0 aliphatic heterocycles. The van der Waals surface area contributed by atoms with E-state index in [-0.39, 0.29) is 0 Å². The van der Waals surface area contributed by atoms with E-state index >= 15 is 0 Å². The monoisotopic (exact) mass is 209 g/mol. The number of hydrogen-bond acceptors (Lipinski definition) is 1. The maximum absolute atomic E-state index is 5.89. The van der Waals surface area contributed by atoms with Gasteiger partial charge in [0.2, 0.25) is 0 Å². The predicted molar refractivity (Wildman–Crippen MR) is 68.4 cm³/mol. The zero-order valence-electron chi connectivity index (χ0n) is 9.46. The molecule has 0 bridgehead atoms. The van der Waals surface area contributed by atoms with Crippen LogP contribution < -0.4 is 5.73 Å². The van der Waals surface area contributed by atoms with E-state index in [1.165, 1.54) is 27.8 Å². The SMILES string of the molecule is Cc1cccc2c1-c1cc(N)ccc1CC2. The summed E-state index contributed by atoms with van der Waals surface area (Å²) in [5, 5.41) is 0. The molecular formula is C15H15N. The molecule has 0 aromatic heterocycles. The number of aryl methyl sites for hydroxylation is 3. The van der Waals surface area contributed by atoms with Crippen molar-refractivity contribution in [2.75, 3.05) is 5.73 Å². The van der Waals surface area contributed by atoms with Crippen LogP contribution in [0, 0.1) is 6.92 Å². The first-order valence-electron chi connectivity index (χ1n) is 5.73. The number of nitrogens with two attached hydrogens (primary N) is 1. The van der Waals surface area contributed by atoms with Crippen molar-refractivity contribution in [3.8, 4) is 11.1 Å². The highest BCUT2D eigenvalue weighted by Crippen LogP contribution is 2.36. The summed E-state index contributed by atoms with van der Waals surface area (Å²) in [6, 6.07) is 12.8. The number of fused-ring (bicyclic) bond motifs is 3. The molecule has 1 aliphatic rings. The Hall–Kier alpha value is -1.76. The molecule has 0 radical (unpaired) electrons. The van der Waals surface area contributed by atoms with Crippen LogP contribution in [0.15, 0.2) is 36.4 Å². The Kier molecular flexibility index (Phi) is 2.00. The molecule has 80 valence electrons. The predicted octanol–water partition coefficient (Wildman–Crippen LogP) is 3.34. The second kappa shape index (κ2) is 3.38. The van der Waals surface area contributed by atoms with Crippen LogP contribution in [-0.2, 0) is 12.8 Å². The molecule has 1 aliphatic carbocycles. The lowest BCUT2D eigenvalue weighted by Gasteiger charge is -2.22. The van der Waals surface area contributed by atoms with Crippen molar-refractivity contribution in [2.24, 2.45) is 0 Å². The highest BCUT2D eigenvalue weighted by molar-refractivity contribution is 5.78. The largest absolute Gasteiger partial charge is 0.399 e. The standard InChI is InChI=1S/C15H15N/c1-10-3-2-4-12-6-5-11-7-8-13(16)9-14(11)15(10)12/h2-4,7-9H,5-6,16H2,1H3. The number of nitrogen functional groups attached to an aromatic ring is 1. The molecule has 0 heterocycles. The Morgan fingerprint density at radius 3 is 2.69 bits per heavy atom. The van der Waals surface area contributed by atoms with Crippen LogP contribution >= 0.6 is 0 Å². The number of anilines is 1. The van der Waals surface area contributed by atoms with Gasteiger partial charge in [-0.2, -0.15) is 0 Å². The Bertz CT molecular complexity index is 555. The van der Waals surface area contributed by atoms with Crippen LogP contribution in [0.3, 0.4) is 0 Å². The van der Waals surface area contributed by atoms with Gasteiger partial charge >= 0.3 is 0 Å². The molecule has 0 amide bonds. The number of benzene rings is 2. The van der Waals surface area contributed by atoms with E-state index in [0.717, 1.165) is 18.5 Å². The van der Waals surface area contributed by atoms with Gasteiger partial charge < -0.3 is 5.73 Å². The smallest absolute Gasteiger partial charge is 0.0320 e. The molecule has 0 fully saturated rings. The van der Waals surface area contributed by atoms with E-state index < -0.39 is 0 Å². The van der Waals surface area contributed by atoms with E-state index in [9.17, 15) is 0 Å². The van der Waals surface area contributed by atoms with E-state index in [1.807, 2.05) is 6.07 Å². The first kappa shape index (κ1) is 9.46. The van der Waals surface area contributed by atoms with Crippen molar-refractivity contribution < 1.29 is 0 Å². The molecule has 2 aromatic carbocycles. The van der Waals surface area contributed by atoms with Gasteiger partial charge in [-0.1, -0.05) is 24.3 Å². The van der Waals surface area contributed by atoms with Gasteiger partial charge in [0.15, 0.2) is 0 Å². The van der Waals surface area contributed by atoms with Gasteiger partial charge in [0.25, 0.3) is 0 Å². The van der Waals surface area contributed by atoms with Gasteiger partial charge in [-0.15, -0.1) is 0 Å². The molecule has 16 heavy (non-hydrogen) atoms. The quantitative estimate of drug-likeness (QED) is 0.662. The Morgan fingerprint density at radius 2 is 1.81 bits per heavy atom. The third-order valence-electron chi connectivity index (χ3n) is 3.43. The van der Waals surface area contributed by atoms with E-state index in [1.54, 1.807) is 0 Å². The number of rotatable bonds is 0. The van der Waals surface area contributed by atoms with E-state index in [2.05, 4.69) is 37.3 Å². The lowest BCUT2D eigenvalue weighted by atomic mass is 9.83. The maximum Gasteiger partial charge on any atom is 0.0320 e. The van der Waals surface area contributed by atoms with Gasteiger partial charge in [-0.05, 0) is 59.7 Å². The highest BCUT2D eigenvalue weighted by Gasteiger charge is 2.17. The second-order valence-corrected chi connectivity index (χ2v) is 4.53. The highest BCUT2D eigenvalue weighted by atomic mass is 14.5. The summed E-state index contributed by atoms with van der Waals surface area (Å²) in [5.74, 6) is 0. The fourth-order valence-electron chi connectivity index (χ4n) is 2.64. The molecule has 0 saturated heterocycles. The summed E-state index contributed by atoms with van der Waals surface area (Å²) in [7, 11) is 0. The van der Waals surface area contributed by atoms with Gasteiger partial charge in [-0.3, -0.25) is 0 Å². The average molecular weight is 209 g/mol. The Morgan fingerprint density at radius 1 is 1.00 bits per heavy atom. The van der Waals surface area contributed by atoms with Crippen molar-refractivity contribution >= 4 is 5.69 Å². The molecular weight excluding hydrogens is 194 g/mol. The van der Waals surface area contributed by atoms with Crippen molar-refractivity contribution in [2.45, 2.75) is 19.8 Å². The zero-order valence-corrected chi connectivity index (χ0v) is 9.46. The Labute approximate surface area is 95.9 Å². The minimum absolute atomic E-state index is 0.856. The second-order valence-electron chi connectivity index (χ2n) is 4.53. The molecule has 1 nitrogen and oxygen atoms in total. The van der Waals surface area contributed by atoms with Crippen LogP contribution in [0.1, 0.15) is 16.7 Å². The molecule has 1 heteroatoms. The summed E-state index contributed by atoms with van der Waals surface area (Å²) in [6.07, 6.45) is 2.28. The minimum Gasteiger partial charge on any atom is -0.399 e. The van der Waals surface area contributed by atoms with Crippen LogP contribution in [0.2, 0.25) is 0 Å². The lowest BCUT2D eigenvalue weighted by Crippen LogP contribution is -2.05. The molecule has 3 rings (SSSR count). The summed E-state index contributed by atoms with van der Waals surface area (Å²) >= 11 is 0. The molecule has 2 N–H and O–H groups in total. The third kappa shape index (κ3) is 1.32. The fourth-order valence-corrected chi connectivity index (χ4v) is 2.64. The fraction of sp³-hybridized carbons (Fsp3) is 0.200. The Balaban J connectivity index is 2.32. The summed E-state index contributed by atoms with van der Waals surface area (Å²) in [5.41, 5.74) is 13.7. The van der Waals surface area contributed by atoms with E-state index in [0.29, 0.717) is 0 Å². The summed E-state index contributed by atoms with van der Waals surface area (Å²) < 4.78 is 0. The summed E-state index contributed by atoms with van der Waals surface area (Å²) in [4.78, 5) is 0. The molecule has 0 saturated carbocycles. The molecule has 0 unspecified atom stereocenters. The van der Waals surface area contributed by atoms with Gasteiger partial charge in [-0.25, -0.2) is 0 Å². The maximum atomic E-state index is 5.89. The average Bonchev–Trinajstić information content (AvgIpc) is 2.28. The number of hydrogen-bond donors (Lipinski definition) is 1. The third-order valence-corrected chi connectivity index (χ3v) is 3.43. The van der Waals surface area contributed by atoms with Crippen LogP contribution in [0.4, 0.5) is 5.69 Å². The van der Waals surface area contributed by atoms with Crippen molar-refractivity contribution in [1.82, 2.24) is 0 Å². The van der Waals surface area contributed by atoms with Crippen LogP contribution in [-0.4, -0.2) is 0 Å². The van der Waals surface area contributed by atoms with E-state index in [4.69, 9.17) is 5.73 Å². The molecule has 2 aromatic rings.